The SMILES string of the molecule is CC1(C)C(Sc2ccccc2)=C(c2ccccc2)c2c(CCO)c3ccccc3n21. The Hall–Kier alpha value is -2.75. The van der Waals surface area contributed by atoms with Gasteiger partial charge in [0.05, 0.1) is 11.2 Å². The van der Waals surface area contributed by atoms with Crippen molar-refractivity contribution in [1.82, 2.24) is 4.57 Å². The Labute approximate surface area is 181 Å². The van der Waals surface area contributed by atoms with Crippen LogP contribution in [0.15, 0.2) is 94.7 Å². The van der Waals surface area contributed by atoms with Gasteiger partial charge in [-0.3, -0.25) is 0 Å². The third-order valence-corrected chi connectivity index (χ3v) is 7.36. The molecule has 2 heterocycles. The summed E-state index contributed by atoms with van der Waals surface area (Å²) in [7, 11) is 0. The molecule has 0 unspecified atom stereocenters. The molecular weight excluding hydrogens is 386 g/mol. The number of hydrogen-bond acceptors (Lipinski definition) is 2. The average Bonchev–Trinajstić information content (AvgIpc) is 3.21. The number of para-hydroxylation sites is 1. The average molecular weight is 412 g/mol. The van der Waals surface area contributed by atoms with Gasteiger partial charge in [-0.1, -0.05) is 78.5 Å². The summed E-state index contributed by atoms with van der Waals surface area (Å²) in [6.45, 7) is 4.77. The van der Waals surface area contributed by atoms with E-state index in [4.69, 9.17) is 0 Å². The van der Waals surface area contributed by atoms with Gasteiger partial charge in [-0.25, -0.2) is 0 Å². The minimum atomic E-state index is -0.200. The lowest BCUT2D eigenvalue weighted by Gasteiger charge is -2.27. The smallest absolute Gasteiger partial charge is 0.0715 e. The van der Waals surface area contributed by atoms with Crippen LogP contribution >= 0.6 is 11.8 Å². The lowest BCUT2D eigenvalue weighted by molar-refractivity contribution is 0.299. The van der Waals surface area contributed by atoms with E-state index in [0.717, 1.165) is 0 Å². The molecule has 0 radical (unpaired) electrons. The summed E-state index contributed by atoms with van der Waals surface area (Å²) in [5, 5.41) is 11.1. The summed E-state index contributed by atoms with van der Waals surface area (Å²) in [5.41, 5.74) is 6.04. The van der Waals surface area contributed by atoms with E-state index in [1.54, 1.807) is 0 Å². The van der Waals surface area contributed by atoms with Gasteiger partial charge >= 0.3 is 0 Å². The third-order valence-electron chi connectivity index (χ3n) is 5.95. The van der Waals surface area contributed by atoms with Crippen LogP contribution in [0, 0.1) is 0 Å². The maximum absolute atomic E-state index is 9.89. The molecule has 0 amide bonds. The zero-order chi connectivity index (χ0) is 20.7. The van der Waals surface area contributed by atoms with E-state index >= 15 is 0 Å². The highest BCUT2D eigenvalue weighted by molar-refractivity contribution is 8.03. The van der Waals surface area contributed by atoms with E-state index in [-0.39, 0.29) is 12.1 Å². The summed E-state index contributed by atoms with van der Waals surface area (Å²) in [4.78, 5) is 2.59. The van der Waals surface area contributed by atoms with Crippen molar-refractivity contribution in [2.24, 2.45) is 0 Å². The number of rotatable bonds is 5. The number of hydrogen-bond donors (Lipinski definition) is 1. The number of thioether (sulfide) groups is 1. The van der Waals surface area contributed by atoms with E-state index in [2.05, 4.69) is 103 Å². The minimum Gasteiger partial charge on any atom is -0.396 e. The Morgan fingerprint density at radius 3 is 2.17 bits per heavy atom. The van der Waals surface area contributed by atoms with Crippen LogP contribution in [0.25, 0.3) is 16.5 Å². The quantitative estimate of drug-likeness (QED) is 0.407. The molecule has 30 heavy (non-hydrogen) atoms. The largest absolute Gasteiger partial charge is 0.396 e. The molecular formula is C27H25NOS. The summed E-state index contributed by atoms with van der Waals surface area (Å²) in [5.74, 6) is 0. The molecule has 0 bridgehead atoms. The van der Waals surface area contributed by atoms with Crippen LogP contribution in [0.4, 0.5) is 0 Å². The fourth-order valence-electron chi connectivity index (χ4n) is 4.68. The second-order valence-electron chi connectivity index (χ2n) is 8.20. The van der Waals surface area contributed by atoms with Gasteiger partial charge < -0.3 is 9.67 Å². The molecule has 0 aliphatic carbocycles. The monoisotopic (exact) mass is 411 g/mol. The highest BCUT2D eigenvalue weighted by Gasteiger charge is 2.41. The summed E-state index contributed by atoms with van der Waals surface area (Å²) in [6.07, 6.45) is 0.651. The van der Waals surface area contributed by atoms with Gasteiger partial charge in [-0.15, -0.1) is 0 Å². The molecule has 0 spiro atoms. The molecule has 0 fully saturated rings. The first-order valence-corrected chi connectivity index (χ1v) is 11.2. The standard InChI is InChI=1S/C27H25NOS/c1-27(2)26(30-20-13-7-4-8-14-20)24(19-11-5-3-6-12-19)25-22(17-18-29)21-15-9-10-16-23(21)28(25)27/h3-16,29H,17-18H2,1-2H3. The summed E-state index contributed by atoms with van der Waals surface area (Å²) in [6, 6.07) is 29.9. The highest BCUT2D eigenvalue weighted by Crippen LogP contribution is 2.54. The fourth-order valence-corrected chi connectivity index (χ4v) is 5.87. The van der Waals surface area contributed by atoms with Crippen molar-refractivity contribution in [1.29, 1.82) is 0 Å². The van der Waals surface area contributed by atoms with Crippen molar-refractivity contribution in [2.75, 3.05) is 6.61 Å². The maximum atomic E-state index is 9.89. The Morgan fingerprint density at radius 2 is 1.47 bits per heavy atom. The van der Waals surface area contributed by atoms with Crippen molar-refractivity contribution in [3.05, 3.63) is 107 Å². The predicted molar refractivity (Wildman–Crippen MR) is 127 cm³/mol. The Morgan fingerprint density at radius 1 is 0.833 bits per heavy atom. The van der Waals surface area contributed by atoms with Crippen LogP contribution in [0.1, 0.15) is 30.7 Å². The van der Waals surface area contributed by atoms with Crippen molar-refractivity contribution >= 4 is 28.2 Å². The van der Waals surface area contributed by atoms with Crippen LogP contribution in [-0.4, -0.2) is 16.3 Å². The molecule has 1 aromatic heterocycles. The van der Waals surface area contributed by atoms with E-state index in [1.807, 2.05) is 11.8 Å². The first-order chi connectivity index (χ1) is 14.6. The third kappa shape index (κ3) is 2.92. The molecule has 0 atom stereocenters. The van der Waals surface area contributed by atoms with Crippen molar-refractivity contribution in [3.63, 3.8) is 0 Å². The van der Waals surface area contributed by atoms with Crippen LogP contribution in [0.3, 0.4) is 0 Å². The number of benzene rings is 3. The van der Waals surface area contributed by atoms with Gasteiger partial charge in [0, 0.05) is 32.9 Å². The predicted octanol–water partition coefficient (Wildman–Crippen LogP) is 6.48. The van der Waals surface area contributed by atoms with Crippen LogP contribution in [-0.2, 0) is 12.0 Å². The Balaban J connectivity index is 1.85. The van der Waals surface area contributed by atoms with Crippen molar-refractivity contribution in [3.8, 4) is 0 Å². The number of fused-ring (bicyclic) bond motifs is 3. The highest BCUT2D eigenvalue weighted by atomic mass is 32.2. The van der Waals surface area contributed by atoms with Gasteiger partial charge in [0.25, 0.3) is 0 Å². The van der Waals surface area contributed by atoms with E-state index in [0.29, 0.717) is 6.42 Å². The second-order valence-corrected chi connectivity index (χ2v) is 9.28. The van der Waals surface area contributed by atoms with E-state index in [1.165, 1.54) is 43.1 Å². The molecule has 1 aliphatic heterocycles. The number of aliphatic hydroxyl groups excluding tert-OH is 1. The fraction of sp³-hybridized carbons (Fsp3) is 0.185. The van der Waals surface area contributed by atoms with E-state index in [9.17, 15) is 5.11 Å². The number of allylic oxidation sites excluding steroid dienone is 1. The second kappa shape index (κ2) is 7.50. The zero-order valence-electron chi connectivity index (χ0n) is 17.3. The summed E-state index contributed by atoms with van der Waals surface area (Å²) < 4.78 is 2.49. The number of aromatic nitrogens is 1. The Kier molecular flexibility index (Phi) is 4.80. The maximum Gasteiger partial charge on any atom is 0.0715 e. The molecule has 3 heteroatoms. The number of aliphatic hydroxyl groups is 1. The van der Waals surface area contributed by atoms with Crippen molar-refractivity contribution < 1.29 is 5.11 Å². The van der Waals surface area contributed by atoms with Crippen molar-refractivity contribution in [2.45, 2.75) is 30.7 Å². The molecule has 5 rings (SSSR count). The Bertz CT molecular complexity index is 1240. The van der Waals surface area contributed by atoms with E-state index < -0.39 is 0 Å². The van der Waals surface area contributed by atoms with Crippen LogP contribution in [0.5, 0.6) is 0 Å². The molecule has 2 nitrogen and oxygen atoms in total. The molecule has 150 valence electrons. The first kappa shape index (κ1) is 19.2. The number of nitrogens with zero attached hydrogens (tertiary/aromatic N) is 1. The topological polar surface area (TPSA) is 25.2 Å². The molecule has 1 N–H and O–H groups in total. The van der Waals surface area contributed by atoms with Gasteiger partial charge in [0.15, 0.2) is 0 Å². The van der Waals surface area contributed by atoms with Gasteiger partial charge in [-0.2, -0.15) is 0 Å². The minimum absolute atomic E-state index is 0.144. The van der Waals surface area contributed by atoms with Gasteiger partial charge in [0.2, 0.25) is 0 Å². The molecule has 0 saturated heterocycles. The first-order valence-electron chi connectivity index (χ1n) is 10.4. The summed E-state index contributed by atoms with van der Waals surface area (Å²) >= 11 is 1.85. The molecule has 3 aromatic carbocycles. The molecule has 0 saturated carbocycles. The zero-order valence-corrected chi connectivity index (χ0v) is 18.1. The molecule has 1 aliphatic rings. The lowest BCUT2D eigenvalue weighted by atomic mass is 9.95. The van der Waals surface area contributed by atoms with Crippen LogP contribution < -0.4 is 0 Å². The lowest BCUT2D eigenvalue weighted by Crippen LogP contribution is -2.24. The van der Waals surface area contributed by atoms with Gasteiger partial charge in [-0.05, 0) is 49.6 Å². The normalized spacial score (nSPS) is 15.0. The van der Waals surface area contributed by atoms with Gasteiger partial charge in [0.1, 0.15) is 0 Å². The van der Waals surface area contributed by atoms with Crippen LogP contribution in [0.2, 0.25) is 0 Å². The molecule has 4 aromatic rings.